The van der Waals surface area contributed by atoms with Crippen LogP contribution in [0.2, 0.25) is 0 Å². The summed E-state index contributed by atoms with van der Waals surface area (Å²) in [5, 5.41) is 2.73. The number of hydrogen-bond acceptors (Lipinski definition) is 3. The smallest absolute Gasteiger partial charge is 0.275 e. The molecule has 0 spiro atoms. The third-order valence-corrected chi connectivity index (χ3v) is 2.98. The maximum Gasteiger partial charge on any atom is 0.275 e. The summed E-state index contributed by atoms with van der Waals surface area (Å²) >= 11 is 2.12. The van der Waals surface area contributed by atoms with Crippen molar-refractivity contribution in [2.24, 2.45) is 0 Å². The minimum absolute atomic E-state index is 0.245. The molecule has 0 aliphatic carbocycles. The number of nitrogens with one attached hydrogen (secondary N) is 1. The predicted molar refractivity (Wildman–Crippen MR) is 73.9 cm³/mol. The molecule has 2 aromatic rings. The molecule has 0 radical (unpaired) electrons. The third kappa shape index (κ3) is 3.00. The normalized spacial score (nSPS) is 10.0. The van der Waals surface area contributed by atoms with Crippen LogP contribution in [0.5, 0.6) is 0 Å². The van der Waals surface area contributed by atoms with Crippen LogP contribution in [-0.4, -0.2) is 15.9 Å². The molecular weight excluding hydrogens is 329 g/mol. The molecule has 0 aromatic carbocycles. The summed E-state index contributed by atoms with van der Waals surface area (Å²) in [6.07, 6.45) is 1.64. The first-order chi connectivity index (χ1) is 8.16. The molecule has 5 heteroatoms. The van der Waals surface area contributed by atoms with Crippen LogP contribution in [0.4, 0.5) is 5.82 Å². The fraction of sp³-hybridized carbons (Fsp3) is 0.0833. The number of halogens is 1. The van der Waals surface area contributed by atoms with E-state index in [4.69, 9.17) is 0 Å². The van der Waals surface area contributed by atoms with Crippen LogP contribution in [-0.2, 0) is 0 Å². The van der Waals surface area contributed by atoms with E-state index in [0.717, 1.165) is 9.26 Å². The van der Waals surface area contributed by atoms with E-state index < -0.39 is 0 Å². The van der Waals surface area contributed by atoms with Gasteiger partial charge in [-0.15, -0.1) is 0 Å². The van der Waals surface area contributed by atoms with Crippen LogP contribution >= 0.6 is 22.6 Å². The summed E-state index contributed by atoms with van der Waals surface area (Å²) in [7, 11) is 0. The van der Waals surface area contributed by atoms with E-state index in [0.29, 0.717) is 11.5 Å². The molecule has 0 fully saturated rings. The lowest BCUT2D eigenvalue weighted by Crippen LogP contribution is -2.15. The number of nitrogens with zero attached hydrogens (tertiary/aromatic N) is 2. The van der Waals surface area contributed by atoms with Crippen molar-refractivity contribution in [3.05, 3.63) is 51.5 Å². The molecule has 0 saturated carbocycles. The largest absolute Gasteiger partial charge is 0.304 e. The maximum atomic E-state index is 11.9. The molecule has 2 rings (SSSR count). The second kappa shape index (κ2) is 5.22. The molecule has 1 N–H and O–H groups in total. The van der Waals surface area contributed by atoms with Crippen molar-refractivity contribution < 1.29 is 4.79 Å². The zero-order valence-corrected chi connectivity index (χ0v) is 11.3. The molecule has 86 valence electrons. The molecule has 0 unspecified atom stereocenters. The van der Waals surface area contributed by atoms with Crippen LogP contribution in [0.3, 0.4) is 0 Å². The Morgan fingerprint density at radius 2 is 2.12 bits per heavy atom. The fourth-order valence-electron chi connectivity index (χ4n) is 1.32. The van der Waals surface area contributed by atoms with E-state index in [-0.39, 0.29) is 5.91 Å². The Kier molecular flexibility index (Phi) is 3.68. The molecular formula is C12H10IN3O. The lowest BCUT2D eigenvalue weighted by atomic mass is 10.3. The summed E-state index contributed by atoms with van der Waals surface area (Å²) < 4.78 is 0.895. The number of aryl methyl sites for hydroxylation is 1. The average molecular weight is 339 g/mol. The van der Waals surface area contributed by atoms with E-state index in [1.807, 2.05) is 25.1 Å². The second-order valence-corrected chi connectivity index (χ2v) is 4.61. The summed E-state index contributed by atoms with van der Waals surface area (Å²) in [5.41, 5.74) is 1.21. The lowest BCUT2D eigenvalue weighted by molar-refractivity contribution is 0.102. The molecule has 0 bridgehead atoms. The monoisotopic (exact) mass is 339 g/mol. The highest BCUT2D eigenvalue weighted by Gasteiger charge is 2.09. The highest BCUT2D eigenvalue weighted by Crippen LogP contribution is 2.14. The van der Waals surface area contributed by atoms with Crippen LogP contribution < -0.4 is 5.32 Å². The average Bonchev–Trinajstić information content (AvgIpc) is 2.32. The van der Waals surface area contributed by atoms with Gasteiger partial charge in [0.25, 0.3) is 5.91 Å². The molecule has 4 nitrogen and oxygen atoms in total. The molecule has 17 heavy (non-hydrogen) atoms. The zero-order valence-electron chi connectivity index (χ0n) is 9.14. The zero-order chi connectivity index (χ0) is 12.3. The number of pyridine rings is 2. The summed E-state index contributed by atoms with van der Waals surface area (Å²) in [4.78, 5) is 20.2. The van der Waals surface area contributed by atoms with Gasteiger partial charge in [-0.3, -0.25) is 4.79 Å². The number of aromatic nitrogens is 2. The number of carbonyl (C=O) groups excluding carboxylic acids is 1. The van der Waals surface area contributed by atoms with Gasteiger partial charge in [-0.1, -0.05) is 6.07 Å². The lowest BCUT2D eigenvalue weighted by Gasteiger charge is -2.05. The van der Waals surface area contributed by atoms with Crippen molar-refractivity contribution in [1.82, 2.24) is 9.97 Å². The quantitative estimate of drug-likeness (QED) is 0.856. The molecule has 0 atom stereocenters. The van der Waals surface area contributed by atoms with Gasteiger partial charge in [0.2, 0.25) is 0 Å². The van der Waals surface area contributed by atoms with Gasteiger partial charge in [-0.2, -0.15) is 0 Å². The first kappa shape index (κ1) is 12.0. The first-order valence-electron chi connectivity index (χ1n) is 5.02. The summed E-state index contributed by atoms with van der Waals surface area (Å²) in [6, 6.07) is 9.04. The number of rotatable bonds is 2. The van der Waals surface area contributed by atoms with E-state index >= 15 is 0 Å². The van der Waals surface area contributed by atoms with Crippen molar-refractivity contribution in [1.29, 1.82) is 0 Å². The van der Waals surface area contributed by atoms with Gasteiger partial charge < -0.3 is 5.32 Å². The van der Waals surface area contributed by atoms with Crippen LogP contribution in [0.25, 0.3) is 0 Å². The number of carbonyl (C=O) groups is 1. The van der Waals surface area contributed by atoms with Crippen LogP contribution in [0, 0.1) is 10.5 Å². The van der Waals surface area contributed by atoms with Gasteiger partial charge in [0.1, 0.15) is 11.5 Å². The molecule has 0 aliphatic heterocycles. The van der Waals surface area contributed by atoms with E-state index in [9.17, 15) is 4.79 Å². The molecule has 0 aliphatic rings. The fourth-order valence-corrected chi connectivity index (χ4v) is 1.80. The third-order valence-electron chi connectivity index (χ3n) is 2.11. The summed E-state index contributed by atoms with van der Waals surface area (Å²) in [6.45, 7) is 1.85. The Hall–Kier alpha value is -1.50. The highest BCUT2D eigenvalue weighted by atomic mass is 127. The second-order valence-electron chi connectivity index (χ2n) is 3.45. The first-order valence-corrected chi connectivity index (χ1v) is 6.10. The minimum Gasteiger partial charge on any atom is -0.304 e. The topological polar surface area (TPSA) is 54.9 Å². The molecule has 2 heterocycles. The molecule has 0 saturated heterocycles. The number of anilines is 1. The Morgan fingerprint density at radius 1 is 1.29 bits per heavy atom. The van der Waals surface area contributed by atoms with Crippen molar-refractivity contribution in [2.75, 3.05) is 5.32 Å². The van der Waals surface area contributed by atoms with Gasteiger partial charge in [0, 0.05) is 11.9 Å². The predicted octanol–water partition coefficient (Wildman–Crippen LogP) is 2.64. The number of hydrogen-bond donors (Lipinski definition) is 1. The van der Waals surface area contributed by atoms with Crippen LogP contribution in [0.15, 0.2) is 36.5 Å². The molecule has 1 amide bonds. The SMILES string of the molecule is Cc1cccc(C(=O)Nc2ncccc2I)n1. The number of amides is 1. The standard InChI is InChI=1S/C12H10IN3O/c1-8-4-2-6-10(15-8)12(17)16-11-9(13)5-3-7-14-11/h2-7H,1H3,(H,14,16,17). The Labute approximate surface area is 113 Å². The van der Waals surface area contributed by atoms with E-state index in [1.54, 1.807) is 18.3 Å². The van der Waals surface area contributed by atoms with Gasteiger partial charge >= 0.3 is 0 Å². The van der Waals surface area contributed by atoms with Crippen molar-refractivity contribution in [2.45, 2.75) is 6.92 Å². The molecule has 2 aromatic heterocycles. The van der Waals surface area contributed by atoms with E-state index in [2.05, 4.69) is 37.9 Å². The van der Waals surface area contributed by atoms with Crippen molar-refractivity contribution in [3.63, 3.8) is 0 Å². The maximum absolute atomic E-state index is 11.9. The minimum atomic E-state index is -0.245. The Morgan fingerprint density at radius 3 is 2.82 bits per heavy atom. The highest BCUT2D eigenvalue weighted by molar-refractivity contribution is 14.1. The van der Waals surface area contributed by atoms with Gasteiger partial charge in [-0.05, 0) is 53.8 Å². The van der Waals surface area contributed by atoms with E-state index in [1.165, 1.54) is 0 Å². The van der Waals surface area contributed by atoms with Crippen molar-refractivity contribution >= 4 is 34.3 Å². The van der Waals surface area contributed by atoms with Crippen molar-refractivity contribution in [3.8, 4) is 0 Å². The van der Waals surface area contributed by atoms with Gasteiger partial charge in [-0.25, -0.2) is 9.97 Å². The van der Waals surface area contributed by atoms with Gasteiger partial charge in [0.15, 0.2) is 0 Å². The Balaban J connectivity index is 2.20. The Bertz CT molecular complexity index is 557. The summed E-state index contributed by atoms with van der Waals surface area (Å²) in [5.74, 6) is 0.312. The van der Waals surface area contributed by atoms with Gasteiger partial charge in [0.05, 0.1) is 3.57 Å². The van der Waals surface area contributed by atoms with Crippen LogP contribution in [0.1, 0.15) is 16.2 Å².